The standard InChI is InChI=1S/C14H12Cl2O2S/c1-2-11-3-4-12(19-11)8-18-14-9(7-17)5-10(15)6-13(14)16/h3-7H,2,8H2,1H3. The van der Waals surface area contributed by atoms with Gasteiger partial charge in [-0.1, -0.05) is 30.1 Å². The minimum Gasteiger partial charge on any atom is -0.486 e. The van der Waals surface area contributed by atoms with Crippen LogP contribution in [-0.4, -0.2) is 6.29 Å². The molecule has 5 heteroatoms. The van der Waals surface area contributed by atoms with Crippen LogP contribution in [0.1, 0.15) is 27.0 Å². The van der Waals surface area contributed by atoms with Crippen LogP contribution in [0, 0.1) is 0 Å². The molecule has 1 heterocycles. The number of aldehydes is 1. The number of aryl methyl sites for hydroxylation is 1. The molecule has 2 nitrogen and oxygen atoms in total. The Labute approximate surface area is 125 Å². The van der Waals surface area contributed by atoms with Crippen molar-refractivity contribution in [2.45, 2.75) is 20.0 Å². The maximum atomic E-state index is 11.0. The molecule has 100 valence electrons. The van der Waals surface area contributed by atoms with E-state index in [1.165, 1.54) is 4.88 Å². The van der Waals surface area contributed by atoms with E-state index in [0.717, 1.165) is 11.3 Å². The van der Waals surface area contributed by atoms with Gasteiger partial charge in [-0.2, -0.15) is 0 Å². The molecule has 2 aromatic rings. The van der Waals surface area contributed by atoms with Crippen molar-refractivity contribution < 1.29 is 9.53 Å². The van der Waals surface area contributed by atoms with E-state index in [1.807, 2.05) is 6.07 Å². The van der Waals surface area contributed by atoms with Gasteiger partial charge in [0.25, 0.3) is 0 Å². The highest BCUT2D eigenvalue weighted by atomic mass is 35.5. The maximum Gasteiger partial charge on any atom is 0.153 e. The van der Waals surface area contributed by atoms with Crippen molar-refractivity contribution in [1.29, 1.82) is 0 Å². The van der Waals surface area contributed by atoms with E-state index in [1.54, 1.807) is 23.5 Å². The van der Waals surface area contributed by atoms with E-state index in [2.05, 4.69) is 13.0 Å². The summed E-state index contributed by atoms with van der Waals surface area (Å²) in [4.78, 5) is 13.4. The summed E-state index contributed by atoms with van der Waals surface area (Å²) in [6.07, 6.45) is 1.70. The molecular weight excluding hydrogens is 303 g/mol. The maximum absolute atomic E-state index is 11.0. The van der Waals surface area contributed by atoms with E-state index >= 15 is 0 Å². The predicted octanol–water partition coefficient (Wildman–Crippen LogP) is 5.01. The van der Waals surface area contributed by atoms with Crippen LogP contribution in [0.2, 0.25) is 10.0 Å². The van der Waals surface area contributed by atoms with E-state index in [-0.39, 0.29) is 0 Å². The third-order valence-electron chi connectivity index (χ3n) is 2.59. The van der Waals surface area contributed by atoms with E-state index in [9.17, 15) is 4.79 Å². The summed E-state index contributed by atoms with van der Waals surface area (Å²) < 4.78 is 5.65. The molecule has 0 N–H and O–H groups in total. The van der Waals surface area contributed by atoms with Crippen molar-refractivity contribution in [2.75, 3.05) is 0 Å². The monoisotopic (exact) mass is 314 g/mol. The third kappa shape index (κ3) is 3.50. The molecule has 0 fully saturated rings. The lowest BCUT2D eigenvalue weighted by molar-refractivity contribution is 0.111. The number of carbonyl (C=O) groups excluding carboxylic acids is 1. The van der Waals surface area contributed by atoms with Crippen LogP contribution in [0.25, 0.3) is 0 Å². The van der Waals surface area contributed by atoms with Gasteiger partial charge in [0.05, 0.1) is 10.6 Å². The molecule has 0 amide bonds. The van der Waals surface area contributed by atoms with Crippen molar-refractivity contribution in [3.63, 3.8) is 0 Å². The Morgan fingerprint density at radius 3 is 2.63 bits per heavy atom. The van der Waals surface area contributed by atoms with Gasteiger partial charge in [-0.25, -0.2) is 0 Å². The lowest BCUT2D eigenvalue weighted by atomic mass is 10.2. The van der Waals surface area contributed by atoms with Gasteiger partial charge in [-0.3, -0.25) is 4.79 Å². The molecular formula is C14H12Cl2O2S. The minimum absolute atomic E-state index is 0.349. The number of halogens is 2. The summed E-state index contributed by atoms with van der Waals surface area (Å²) in [5.41, 5.74) is 0.366. The second-order valence-corrected chi connectivity index (χ2v) is 6.03. The Kier molecular flexibility index (Phi) is 4.86. The van der Waals surface area contributed by atoms with Crippen LogP contribution >= 0.6 is 34.5 Å². The Bertz CT molecular complexity index is 593. The Hall–Kier alpha value is -1.03. The summed E-state index contributed by atoms with van der Waals surface area (Å²) in [5, 5.41) is 0.769. The van der Waals surface area contributed by atoms with E-state index in [0.29, 0.717) is 34.3 Å². The zero-order valence-electron chi connectivity index (χ0n) is 10.3. The quantitative estimate of drug-likeness (QED) is 0.725. The second kappa shape index (κ2) is 6.42. The van der Waals surface area contributed by atoms with Crippen molar-refractivity contribution in [1.82, 2.24) is 0 Å². The zero-order chi connectivity index (χ0) is 13.8. The fourth-order valence-corrected chi connectivity index (χ4v) is 3.09. The first-order valence-electron chi connectivity index (χ1n) is 5.78. The average Bonchev–Trinajstić information content (AvgIpc) is 2.84. The number of hydrogen-bond acceptors (Lipinski definition) is 3. The van der Waals surface area contributed by atoms with Crippen LogP contribution in [-0.2, 0) is 13.0 Å². The molecule has 0 bridgehead atoms. The fraction of sp³-hybridized carbons (Fsp3) is 0.214. The number of hydrogen-bond donors (Lipinski definition) is 0. The van der Waals surface area contributed by atoms with Gasteiger partial charge < -0.3 is 4.74 Å². The van der Waals surface area contributed by atoms with Gasteiger partial charge in [0.2, 0.25) is 0 Å². The number of ether oxygens (including phenoxy) is 1. The van der Waals surface area contributed by atoms with Crippen molar-refractivity contribution >= 4 is 40.8 Å². The lowest BCUT2D eigenvalue weighted by Crippen LogP contribution is -1.97. The Morgan fingerprint density at radius 2 is 2.00 bits per heavy atom. The summed E-state index contributed by atoms with van der Waals surface area (Å²) in [6.45, 7) is 2.50. The van der Waals surface area contributed by atoms with Gasteiger partial charge >= 0.3 is 0 Å². The van der Waals surface area contributed by atoms with Crippen LogP contribution in [0.4, 0.5) is 0 Å². The molecule has 0 atom stereocenters. The number of thiophene rings is 1. The molecule has 0 radical (unpaired) electrons. The number of benzene rings is 1. The Morgan fingerprint density at radius 1 is 1.26 bits per heavy atom. The fourth-order valence-electron chi connectivity index (χ4n) is 1.65. The van der Waals surface area contributed by atoms with E-state index in [4.69, 9.17) is 27.9 Å². The van der Waals surface area contributed by atoms with Crippen LogP contribution in [0.3, 0.4) is 0 Å². The predicted molar refractivity (Wildman–Crippen MR) is 79.9 cm³/mol. The van der Waals surface area contributed by atoms with Gasteiger partial charge in [0, 0.05) is 14.8 Å². The van der Waals surface area contributed by atoms with Gasteiger partial charge in [0.1, 0.15) is 12.4 Å². The lowest BCUT2D eigenvalue weighted by Gasteiger charge is -2.09. The van der Waals surface area contributed by atoms with Gasteiger partial charge in [0.15, 0.2) is 6.29 Å². The average molecular weight is 315 g/mol. The van der Waals surface area contributed by atoms with Crippen molar-refractivity contribution in [3.8, 4) is 5.75 Å². The number of carbonyl (C=O) groups is 1. The molecule has 0 spiro atoms. The molecule has 0 aliphatic carbocycles. The van der Waals surface area contributed by atoms with Crippen LogP contribution < -0.4 is 4.74 Å². The molecule has 19 heavy (non-hydrogen) atoms. The van der Waals surface area contributed by atoms with Crippen molar-refractivity contribution in [3.05, 3.63) is 49.6 Å². The smallest absolute Gasteiger partial charge is 0.153 e. The Balaban J connectivity index is 2.17. The highest BCUT2D eigenvalue weighted by Gasteiger charge is 2.11. The molecule has 0 aliphatic rings. The zero-order valence-corrected chi connectivity index (χ0v) is 12.6. The molecule has 0 aliphatic heterocycles. The molecule has 0 saturated carbocycles. The minimum atomic E-state index is 0.349. The normalized spacial score (nSPS) is 10.5. The largest absolute Gasteiger partial charge is 0.486 e. The van der Waals surface area contributed by atoms with Crippen LogP contribution in [0.5, 0.6) is 5.75 Å². The molecule has 0 saturated heterocycles. The molecule has 1 aromatic heterocycles. The summed E-state index contributed by atoms with van der Waals surface area (Å²) in [5.74, 6) is 0.382. The molecule has 0 unspecified atom stereocenters. The van der Waals surface area contributed by atoms with E-state index < -0.39 is 0 Å². The SMILES string of the molecule is CCc1ccc(COc2c(Cl)cc(Cl)cc2C=O)s1. The summed E-state index contributed by atoms with van der Waals surface area (Å²) in [6, 6.07) is 7.21. The van der Waals surface area contributed by atoms with Gasteiger partial charge in [-0.05, 0) is 30.7 Å². The third-order valence-corrected chi connectivity index (χ3v) is 4.29. The summed E-state index contributed by atoms with van der Waals surface area (Å²) >= 11 is 13.6. The van der Waals surface area contributed by atoms with Gasteiger partial charge in [-0.15, -0.1) is 11.3 Å². The topological polar surface area (TPSA) is 26.3 Å². The summed E-state index contributed by atoms with van der Waals surface area (Å²) in [7, 11) is 0. The first-order chi connectivity index (χ1) is 9.13. The second-order valence-electron chi connectivity index (χ2n) is 3.93. The highest BCUT2D eigenvalue weighted by molar-refractivity contribution is 7.11. The first kappa shape index (κ1) is 14.4. The highest BCUT2D eigenvalue weighted by Crippen LogP contribution is 2.32. The molecule has 1 aromatic carbocycles. The first-order valence-corrected chi connectivity index (χ1v) is 7.36. The number of rotatable bonds is 5. The molecule has 2 rings (SSSR count). The van der Waals surface area contributed by atoms with Crippen LogP contribution in [0.15, 0.2) is 24.3 Å². The van der Waals surface area contributed by atoms with Crippen molar-refractivity contribution in [2.24, 2.45) is 0 Å².